The molecule has 1 heterocycles. The summed E-state index contributed by atoms with van der Waals surface area (Å²) < 4.78 is 0. The molecular weight excluding hydrogens is 316 g/mol. The molecule has 0 unspecified atom stereocenters. The minimum Gasteiger partial charge on any atom is -0.340 e. The lowest BCUT2D eigenvalue weighted by molar-refractivity contribution is 0.0962. The summed E-state index contributed by atoms with van der Waals surface area (Å²) >= 11 is 1.40. The van der Waals surface area contributed by atoms with E-state index in [2.05, 4.69) is 22.1 Å². The lowest BCUT2D eigenvalue weighted by Crippen LogP contribution is -2.23. The summed E-state index contributed by atoms with van der Waals surface area (Å²) in [6, 6.07) is 19.6. The second-order valence-electron chi connectivity index (χ2n) is 5.15. The number of benzene rings is 2. The maximum absolute atomic E-state index is 12.3. The third kappa shape index (κ3) is 3.89. The van der Waals surface area contributed by atoms with Gasteiger partial charge in [0, 0.05) is 11.1 Å². The minimum atomic E-state index is -0.130. The quantitative estimate of drug-likeness (QED) is 0.739. The van der Waals surface area contributed by atoms with Crippen LogP contribution < -0.4 is 5.32 Å². The highest BCUT2D eigenvalue weighted by molar-refractivity contribution is 7.17. The lowest BCUT2D eigenvalue weighted by atomic mass is 10.2. The third-order valence-corrected chi connectivity index (χ3v) is 4.57. The lowest BCUT2D eigenvalue weighted by Gasteiger charge is -1.98. The molecular formula is C20H16N2OS. The zero-order valence-electron chi connectivity index (χ0n) is 13.2. The average molecular weight is 332 g/mol. The van der Waals surface area contributed by atoms with Crippen molar-refractivity contribution in [1.82, 2.24) is 10.3 Å². The predicted molar refractivity (Wildman–Crippen MR) is 97.9 cm³/mol. The molecule has 0 saturated carbocycles. The van der Waals surface area contributed by atoms with Crippen LogP contribution in [-0.4, -0.2) is 17.4 Å². The van der Waals surface area contributed by atoms with Crippen molar-refractivity contribution in [3.63, 3.8) is 0 Å². The van der Waals surface area contributed by atoms with Crippen LogP contribution in [0, 0.1) is 18.8 Å². The Morgan fingerprint density at radius 1 is 1.08 bits per heavy atom. The van der Waals surface area contributed by atoms with Gasteiger partial charge in [0.15, 0.2) is 0 Å². The van der Waals surface area contributed by atoms with Crippen molar-refractivity contribution < 1.29 is 4.79 Å². The number of rotatable bonds is 3. The molecule has 0 bridgehead atoms. The van der Waals surface area contributed by atoms with E-state index in [0.717, 1.165) is 21.8 Å². The number of amides is 1. The Morgan fingerprint density at radius 3 is 2.46 bits per heavy atom. The molecule has 0 aliphatic heterocycles. The largest absolute Gasteiger partial charge is 0.340 e. The van der Waals surface area contributed by atoms with E-state index in [1.807, 2.05) is 67.6 Å². The monoisotopic (exact) mass is 332 g/mol. The highest BCUT2D eigenvalue weighted by Gasteiger charge is 2.15. The second-order valence-corrected chi connectivity index (χ2v) is 6.15. The van der Waals surface area contributed by atoms with Crippen LogP contribution in [0.3, 0.4) is 0 Å². The number of aryl methyl sites for hydroxylation is 1. The number of thiazole rings is 1. The molecule has 1 aromatic heterocycles. The standard InChI is InChI=1S/C20H16N2OS/c1-15-18(24-20(22-15)17-12-6-3-7-13-17)19(23)21-14-8-11-16-9-4-2-5-10-16/h2-7,9-10,12-13H,14H2,1H3,(H,21,23). The molecule has 0 radical (unpaired) electrons. The molecule has 0 aliphatic carbocycles. The summed E-state index contributed by atoms with van der Waals surface area (Å²) in [4.78, 5) is 17.4. The third-order valence-electron chi connectivity index (χ3n) is 3.37. The van der Waals surface area contributed by atoms with Crippen molar-refractivity contribution >= 4 is 17.2 Å². The normalized spacial score (nSPS) is 9.88. The van der Waals surface area contributed by atoms with Crippen molar-refractivity contribution in [2.45, 2.75) is 6.92 Å². The fraction of sp³-hybridized carbons (Fsp3) is 0.100. The van der Waals surface area contributed by atoms with Crippen molar-refractivity contribution in [2.75, 3.05) is 6.54 Å². The Kier molecular flexibility index (Phi) is 5.05. The van der Waals surface area contributed by atoms with Crippen LogP contribution in [0.1, 0.15) is 20.9 Å². The molecule has 3 nitrogen and oxygen atoms in total. The van der Waals surface area contributed by atoms with Gasteiger partial charge in [0.1, 0.15) is 9.88 Å². The molecule has 118 valence electrons. The van der Waals surface area contributed by atoms with Gasteiger partial charge < -0.3 is 5.32 Å². The van der Waals surface area contributed by atoms with E-state index in [-0.39, 0.29) is 5.91 Å². The van der Waals surface area contributed by atoms with Crippen LogP contribution in [0.25, 0.3) is 10.6 Å². The van der Waals surface area contributed by atoms with Crippen LogP contribution in [0.5, 0.6) is 0 Å². The number of nitrogens with zero attached hydrogens (tertiary/aromatic N) is 1. The first-order valence-corrected chi connectivity index (χ1v) is 8.40. The Bertz CT molecular complexity index is 890. The Labute approximate surface area is 145 Å². The Balaban J connectivity index is 1.66. The number of aromatic nitrogens is 1. The number of hydrogen-bond acceptors (Lipinski definition) is 3. The maximum Gasteiger partial charge on any atom is 0.264 e. The summed E-state index contributed by atoms with van der Waals surface area (Å²) in [7, 11) is 0. The molecule has 0 spiro atoms. The van der Waals surface area contributed by atoms with Gasteiger partial charge in [-0.1, -0.05) is 60.4 Å². The van der Waals surface area contributed by atoms with Crippen molar-refractivity contribution in [1.29, 1.82) is 0 Å². The van der Waals surface area contributed by atoms with Gasteiger partial charge in [-0.05, 0) is 19.1 Å². The predicted octanol–water partition coefficient (Wildman–Crippen LogP) is 3.90. The number of carbonyl (C=O) groups is 1. The van der Waals surface area contributed by atoms with Crippen LogP contribution in [0.15, 0.2) is 60.7 Å². The van der Waals surface area contributed by atoms with E-state index in [1.165, 1.54) is 11.3 Å². The fourth-order valence-corrected chi connectivity index (χ4v) is 3.17. The molecule has 1 N–H and O–H groups in total. The zero-order valence-corrected chi connectivity index (χ0v) is 14.1. The van der Waals surface area contributed by atoms with Gasteiger partial charge in [-0.2, -0.15) is 0 Å². The first kappa shape index (κ1) is 16.0. The van der Waals surface area contributed by atoms with Gasteiger partial charge >= 0.3 is 0 Å². The van der Waals surface area contributed by atoms with Gasteiger partial charge in [0.25, 0.3) is 5.91 Å². The summed E-state index contributed by atoms with van der Waals surface area (Å²) in [5.41, 5.74) is 2.70. The summed E-state index contributed by atoms with van der Waals surface area (Å²) in [5.74, 6) is 5.85. The average Bonchev–Trinajstić information content (AvgIpc) is 3.02. The zero-order chi connectivity index (χ0) is 16.8. The molecule has 3 aromatic rings. The second kappa shape index (κ2) is 7.58. The molecule has 2 aromatic carbocycles. The van der Waals surface area contributed by atoms with Crippen molar-refractivity contribution in [2.24, 2.45) is 0 Å². The van der Waals surface area contributed by atoms with E-state index in [4.69, 9.17) is 0 Å². The smallest absolute Gasteiger partial charge is 0.264 e. The first-order valence-electron chi connectivity index (χ1n) is 7.59. The summed E-state index contributed by atoms with van der Waals surface area (Å²) in [5, 5.41) is 3.69. The van der Waals surface area contributed by atoms with Crippen molar-refractivity contribution in [3.05, 3.63) is 76.8 Å². The van der Waals surface area contributed by atoms with Crippen LogP contribution in [0.2, 0.25) is 0 Å². The first-order chi connectivity index (χ1) is 11.7. The summed E-state index contributed by atoms with van der Waals surface area (Å²) in [6.07, 6.45) is 0. The highest BCUT2D eigenvalue weighted by Crippen LogP contribution is 2.27. The van der Waals surface area contributed by atoms with Crippen molar-refractivity contribution in [3.8, 4) is 22.4 Å². The van der Waals surface area contributed by atoms with Gasteiger partial charge in [0.2, 0.25) is 0 Å². The summed E-state index contributed by atoms with van der Waals surface area (Å²) in [6.45, 7) is 2.17. The van der Waals surface area contributed by atoms with E-state index in [9.17, 15) is 4.79 Å². The molecule has 0 saturated heterocycles. The molecule has 0 aliphatic rings. The van der Waals surface area contributed by atoms with Gasteiger partial charge in [-0.15, -0.1) is 11.3 Å². The number of hydrogen-bond donors (Lipinski definition) is 1. The van der Waals surface area contributed by atoms with Gasteiger partial charge in [-0.25, -0.2) is 4.98 Å². The maximum atomic E-state index is 12.3. The van der Waals surface area contributed by atoms with E-state index < -0.39 is 0 Å². The fourth-order valence-electron chi connectivity index (χ4n) is 2.18. The van der Waals surface area contributed by atoms with Gasteiger partial charge in [0.05, 0.1) is 12.2 Å². The topological polar surface area (TPSA) is 42.0 Å². The van der Waals surface area contributed by atoms with Crippen LogP contribution >= 0.6 is 11.3 Å². The van der Waals surface area contributed by atoms with Crippen LogP contribution in [-0.2, 0) is 0 Å². The molecule has 24 heavy (non-hydrogen) atoms. The Hall–Kier alpha value is -2.90. The van der Waals surface area contributed by atoms with Crippen LogP contribution in [0.4, 0.5) is 0 Å². The molecule has 0 fully saturated rings. The molecule has 0 atom stereocenters. The molecule has 1 amide bonds. The van der Waals surface area contributed by atoms with E-state index in [0.29, 0.717) is 11.4 Å². The number of carbonyl (C=O) groups excluding carboxylic acids is 1. The van der Waals surface area contributed by atoms with E-state index >= 15 is 0 Å². The minimum absolute atomic E-state index is 0.130. The highest BCUT2D eigenvalue weighted by atomic mass is 32.1. The number of nitrogens with one attached hydrogen (secondary N) is 1. The SMILES string of the molecule is Cc1nc(-c2ccccc2)sc1C(=O)NCC#Cc1ccccc1. The van der Waals surface area contributed by atoms with E-state index in [1.54, 1.807) is 0 Å². The van der Waals surface area contributed by atoms with Gasteiger partial charge in [-0.3, -0.25) is 4.79 Å². The Morgan fingerprint density at radius 2 is 1.75 bits per heavy atom. The molecule has 4 heteroatoms. The molecule has 3 rings (SSSR count).